The van der Waals surface area contributed by atoms with E-state index in [4.69, 9.17) is 14.8 Å². The van der Waals surface area contributed by atoms with Crippen molar-refractivity contribution in [3.63, 3.8) is 0 Å². The zero-order chi connectivity index (χ0) is 13.0. The van der Waals surface area contributed by atoms with E-state index in [2.05, 4.69) is 0 Å². The van der Waals surface area contributed by atoms with Gasteiger partial charge in [-0.15, -0.1) is 0 Å². The Labute approximate surface area is 103 Å². The van der Waals surface area contributed by atoms with Gasteiger partial charge in [-0.3, -0.25) is 0 Å². The quantitative estimate of drug-likeness (QED) is 0.764. The van der Waals surface area contributed by atoms with Crippen molar-refractivity contribution in [1.29, 1.82) is 0 Å². The van der Waals surface area contributed by atoms with Crippen LogP contribution in [0.1, 0.15) is 19.4 Å². The van der Waals surface area contributed by atoms with E-state index in [9.17, 15) is 4.89 Å². The second-order valence-electron chi connectivity index (χ2n) is 4.02. The average molecular weight is 259 g/mol. The molecule has 4 nitrogen and oxygen atoms in total. The van der Waals surface area contributed by atoms with E-state index in [1.165, 1.54) is 0 Å². The molecule has 0 spiro atoms. The molecule has 17 heavy (non-hydrogen) atoms. The first-order chi connectivity index (χ1) is 7.95. The Morgan fingerprint density at radius 1 is 1.24 bits per heavy atom. The van der Waals surface area contributed by atoms with Gasteiger partial charge in [-0.2, -0.15) is 0 Å². The topological polar surface area (TPSA) is 64.7 Å². The Morgan fingerprint density at radius 3 is 2.29 bits per heavy atom. The van der Waals surface area contributed by atoms with E-state index >= 15 is 0 Å². The molecule has 0 saturated heterocycles. The van der Waals surface area contributed by atoms with Crippen molar-refractivity contribution >= 4 is 12.6 Å². The second-order valence-corrected chi connectivity index (χ2v) is 7.67. The molecular formula is C12H22NO3P. The molecule has 3 N–H and O–H groups in total. The standard InChI is InChI=1S/C12H22NO3P/c1-4-15-17(3,14,16-5-2)12-8-6-7-11(9-12)10-13/h6-9,14H,4-5,10,13H2,1-3H3. The molecule has 0 atom stereocenters. The Morgan fingerprint density at radius 2 is 1.82 bits per heavy atom. The summed E-state index contributed by atoms with van der Waals surface area (Å²) in [6, 6.07) is 7.44. The van der Waals surface area contributed by atoms with E-state index < -0.39 is 7.28 Å². The first-order valence-electron chi connectivity index (χ1n) is 5.81. The third-order valence-electron chi connectivity index (χ3n) is 2.60. The zero-order valence-electron chi connectivity index (χ0n) is 10.7. The van der Waals surface area contributed by atoms with E-state index in [-0.39, 0.29) is 0 Å². The molecule has 0 aliphatic carbocycles. The van der Waals surface area contributed by atoms with Crippen LogP contribution in [0.25, 0.3) is 0 Å². The Bertz CT molecular complexity index is 372. The van der Waals surface area contributed by atoms with Crippen LogP contribution in [0.3, 0.4) is 0 Å². The summed E-state index contributed by atoms with van der Waals surface area (Å²) in [6.45, 7) is 6.56. The number of hydrogen-bond acceptors (Lipinski definition) is 4. The number of rotatable bonds is 6. The summed E-state index contributed by atoms with van der Waals surface area (Å²) < 4.78 is 11.1. The summed E-state index contributed by atoms with van der Waals surface area (Å²) in [5.41, 5.74) is 6.56. The van der Waals surface area contributed by atoms with Crippen molar-refractivity contribution in [2.24, 2.45) is 5.73 Å². The van der Waals surface area contributed by atoms with Crippen LogP contribution in [0.5, 0.6) is 0 Å². The normalized spacial score (nSPS) is 14.3. The van der Waals surface area contributed by atoms with Crippen LogP contribution in [-0.2, 0) is 15.6 Å². The van der Waals surface area contributed by atoms with Crippen molar-refractivity contribution < 1.29 is 13.9 Å². The predicted octanol–water partition coefficient (Wildman–Crippen LogP) is 1.76. The third-order valence-corrected chi connectivity index (χ3v) is 5.78. The van der Waals surface area contributed by atoms with E-state index in [0.717, 1.165) is 5.56 Å². The Kier molecular flexibility index (Phi) is 4.64. The van der Waals surface area contributed by atoms with Gasteiger partial charge in [0.15, 0.2) is 0 Å². The van der Waals surface area contributed by atoms with Crippen LogP contribution in [0, 0.1) is 0 Å². The Balaban J connectivity index is 3.21. The fourth-order valence-electron chi connectivity index (χ4n) is 1.79. The summed E-state index contributed by atoms with van der Waals surface area (Å²) in [6.07, 6.45) is 0. The first kappa shape index (κ1) is 14.6. The first-order valence-corrected chi connectivity index (χ1v) is 8.28. The summed E-state index contributed by atoms with van der Waals surface area (Å²) in [5, 5.41) is 0.683. The van der Waals surface area contributed by atoms with Gasteiger partial charge in [-0.1, -0.05) is 0 Å². The summed E-state index contributed by atoms with van der Waals surface area (Å²) in [5.74, 6) is 0. The molecule has 5 heteroatoms. The monoisotopic (exact) mass is 259 g/mol. The van der Waals surface area contributed by atoms with Crippen LogP contribution in [0.4, 0.5) is 0 Å². The van der Waals surface area contributed by atoms with Gasteiger partial charge in [-0.25, -0.2) is 0 Å². The van der Waals surface area contributed by atoms with Crippen molar-refractivity contribution in [2.75, 3.05) is 19.9 Å². The number of benzene rings is 1. The second kappa shape index (κ2) is 5.42. The van der Waals surface area contributed by atoms with Crippen LogP contribution < -0.4 is 11.0 Å². The summed E-state index contributed by atoms with van der Waals surface area (Å²) >= 11 is 0. The molecule has 1 rings (SSSR count). The van der Waals surface area contributed by atoms with E-state index in [1.807, 2.05) is 38.1 Å². The predicted molar refractivity (Wildman–Crippen MR) is 72.3 cm³/mol. The number of nitrogens with two attached hydrogens (primary N) is 1. The van der Waals surface area contributed by atoms with Crippen molar-refractivity contribution in [3.8, 4) is 0 Å². The van der Waals surface area contributed by atoms with Gasteiger partial charge < -0.3 is 0 Å². The molecule has 0 aliphatic rings. The molecule has 98 valence electrons. The molecule has 0 saturated carbocycles. The SMILES string of the molecule is CCOP(C)(O)(OCC)c1cccc(CN)c1. The molecule has 0 radical (unpaired) electrons. The molecule has 0 amide bonds. The molecule has 0 aromatic heterocycles. The van der Waals surface area contributed by atoms with Crippen molar-refractivity contribution in [3.05, 3.63) is 29.8 Å². The minimum absolute atomic E-state index is 0.400. The summed E-state index contributed by atoms with van der Waals surface area (Å²) in [4.78, 5) is 10.8. The molecular weight excluding hydrogens is 237 g/mol. The van der Waals surface area contributed by atoms with Crippen LogP contribution in [-0.4, -0.2) is 24.8 Å². The van der Waals surface area contributed by atoms with Crippen molar-refractivity contribution in [1.82, 2.24) is 0 Å². The van der Waals surface area contributed by atoms with Crippen LogP contribution in [0.15, 0.2) is 24.3 Å². The molecule has 0 heterocycles. The molecule has 0 fully saturated rings. The molecule has 0 aliphatic heterocycles. The van der Waals surface area contributed by atoms with Gasteiger partial charge in [0, 0.05) is 0 Å². The average Bonchev–Trinajstić information content (AvgIpc) is 2.29. The minimum atomic E-state index is -3.71. The van der Waals surface area contributed by atoms with Gasteiger partial charge >= 0.3 is 102 Å². The van der Waals surface area contributed by atoms with Crippen LogP contribution in [0.2, 0.25) is 0 Å². The summed E-state index contributed by atoms with van der Waals surface area (Å²) in [7, 11) is -3.71. The molecule has 1 aromatic rings. The van der Waals surface area contributed by atoms with Gasteiger partial charge in [0.05, 0.1) is 0 Å². The van der Waals surface area contributed by atoms with Gasteiger partial charge in [0.2, 0.25) is 0 Å². The van der Waals surface area contributed by atoms with Gasteiger partial charge in [0.1, 0.15) is 0 Å². The maximum atomic E-state index is 10.8. The Hall–Kier alpha value is -0.510. The van der Waals surface area contributed by atoms with E-state index in [0.29, 0.717) is 25.1 Å². The van der Waals surface area contributed by atoms with E-state index in [1.54, 1.807) is 6.66 Å². The van der Waals surface area contributed by atoms with Crippen molar-refractivity contribution in [2.45, 2.75) is 20.4 Å². The molecule has 0 bridgehead atoms. The fourth-order valence-corrected chi connectivity index (χ4v) is 4.26. The maximum absolute atomic E-state index is 10.8. The van der Waals surface area contributed by atoms with Crippen LogP contribution >= 0.6 is 7.28 Å². The zero-order valence-corrected chi connectivity index (χ0v) is 11.6. The molecule has 1 aromatic carbocycles. The number of hydrogen-bond donors (Lipinski definition) is 2. The van der Waals surface area contributed by atoms with Gasteiger partial charge in [0.25, 0.3) is 0 Å². The molecule has 0 unspecified atom stereocenters. The fraction of sp³-hybridized carbons (Fsp3) is 0.500. The van der Waals surface area contributed by atoms with Gasteiger partial charge in [-0.05, 0) is 0 Å². The third kappa shape index (κ3) is 3.24.